The highest BCUT2D eigenvalue weighted by atomic mass is 19.1. The first kappa shape index (κ1) is 23.9. The number of nitrogens with one attached hydrogen (secondary N) is 2. The molecule has 0 bridgehead atoms. The lowest BCUT2D eigenvalue weighted by molar-refractivity contribution is -0.156. The van der Waals surface area contributed by atoms with E-state index in [0.29, 0.717) is 30.9 Å². The van der Waals surface area contributed by atoms with Gasteiger partial charge >= 0.3 is 12.1 Å². The number of anilines is 1. The molecule has 3 aliphatic heterocycles. The molecule has 3 saturated heterocycles. The van der Waals surface area contributed by atoms with Crippen molar-refractivity contribution in [3.8, 4) is 0 Å². The third kappa shape index (κ3) is 4.44. The van der Waals surface area contributed by atoms with Crippen LogP contribution in [0.5, 0.6) is 0 Å². The molecule has 0 radical (unpaired) electrons. The van der Waals surface area contributed by atoms with E-state index >= 15 is 4.39 Å². The predicted octanol–water partition coefficient (Wildman–Crippen LogP) is 0.887. The van der Waals surface area contributed by atoms with Crippen LogP contribution in [-0.2, 0) is 29.4 Å². The number of carbonyl (C=O) groups excluding carboxylic acids is 4. The molecule has 11 heteroatoms. The average molecular weight is 477 g/mol. The molecule has 3 atom stereocenters. The topological polar surface area (TPSA) is 117 Å². The minimum absolute atomic E-state index is 0.00154. The molecule has 0 aliphatic carbocycles. The molecule has 0 saturated carbocycles. The molecule has 3 aliphatic rings. The molecular weight excluding hydrogens is 447 g/mol. The molecule has 2 N–H and O–H groups in total. The van der Waals surface area contributed by atoms with Crippen LogP contribution in [0, 0.1) is 11.7 Å². The van der Waals surface area contributed by atoms with Gasteiger partial charge in [-0.2, -0.15) is 0 Å². The summed E-state index contributed by atoms with van der Waals surface area (Å²) in [5.74, 6) is -1.68. The van der Waals surface area contributed by atoms with E-state index in [9.17, 15) is 19.2 Å². The molecule has 34 heavy (non-hydrogen) atoms. The number of piperidine rings is 1. The number of likely N-dealkylation sites (tertiary alicyclic amines) is 1. The van der Waals surface area contributed by atoms with E-state index in [1.165, 1.54) is 24.8 Å². The Morgan fingerprint density at radius 1 is 1.32 bits per heavy atom. The van der Waals surface area contributed by atoms with Crippen molar-refractivity contribution in [2.75, 3.05) is 44.2 Å². The average Bonchev–Trinajstić information content (AvgIpc) is 3.39. The van der Waals surface area contributed by atoms with E-state index in [1.54, 1.807) is 17.0 Å². The Morgan fingerprint density at radius 2 is 2.12 bits per heavy atom. The van der Waals surface area contributed by atoms with Crippen molar-refractivity contribution < 1.29 is 33.0 Å². The van der Waals surface area contributed by atoms with Crippen molar-refractivity contribution in [2.45, 2.75) is 38.3 Å². The molecule has 184 valence electrons. The molecule has 0 unspecified atom stereocenters. The largest absolute Gasteiger partial charge is 0.456 e. The van der Waals surface area contributed by atoms with Crippen molar-refractivity contribution in [2.24, 2.45) is 5.92 Å². The van der Waals surface area contributed by atoms with Crippen molar-refractivity contribution in [1.29, 1.82) is 0 Å². The second kappa shape index (κ2) is 9.57. The summed E-state index contributed by atoms with van der Waals surface area (Å²) in [6.45, 7) is 4.03. The summed E-state index contributed by atoms with van der Waals surface area (Å²) in [6.07, 6.45) is 0.454. The maximum Gasteiger partial charge on any atom is 0.414 e. The van der Waals surface area contributed by atoms with Gasteiger partial charge in [-0.1, -0.05) is 6.07 Å². The second-order valence-corrected chi connectivity index (χ2v) is 8.94. The number of carbonyl (C=O) groups is 4. The number of esters is 1. The fourth-order valence-electron chi connectivity index (χ4n) is 5.27. The van der Waals surface area contributed by atoms with E-state index < -0.39 is 36.1 Å². The highest BCUT2D eigenvalue weighted by molar-refractivity contribution is 5.90. The first-order valence-corrected chi connectivity index (χ1v) is 11.4. The minimum Gasteiger partial charge on any atom is -0.456 e. The van der Waals surface area contributed by atoms with Gasteiger partial charge < -0.3 is 25.0 Å². The standard InChI is InChI=1S/C23H29FN4O6/c1-14(29)26-10-18-11-27(22(32)34-18)17-5-6-19(20(24)8-17)23-13-25-9-16(23)4-3-7-28(23)21(31)12-33-15(2)30/h5-6,8,16,18,25H,3-4,7,9-13H2,1-2H3,(H,26,29)/t16-,18+,23-/m1/s1. The summed E-state index contributed by atoms with van der Waals surface area (Å²) in [4.78, 5) is 50.7. The van der Waals surface area contributed by atoms with Gasteiger partial charge in [-0.25, -0.2) is 9.18 Å². The monoisotopic (exact) mass is 476 g/mol. The Morgan fingerprint density at radius 3 is 2.82 bits per heavy atom. The fourth-order valence-corrected chi connectivity index (χ4v) is 5.27. The first-order valence-electron chi connectivity index (χ1n) is 11.4. The molecule has 3 amide bonds. The molecule has 0 aromatic heterocycles. The Labute approximate surface area is 196 Å². The van der Waals surface area contributed by atoms with E-state index in [-0.39, 0.29) is 30.8 Å². The smallest absolute Gasteiger partial charge is 0.414 e. The van der Waals surface area contributed by atoms with Gasteiger partial charge in [-0.15, -0.1) is 0 Å². The van der Waals surface area contributed by atoms with E-state index in [4.69, 9.17) is 9.47 Å². The van der Waals surface area contributed by atoms with Crippen LogP contribution < -0.4 is 15.5 Å². The zero-order chi connectivity index (χ0) is 24.5. The van der Waals surface area contributed by atoms with Gasteiger partial charge in [0, 0.05) is 45.0 Å². The van der Waals surface area contributed by atoms with Gasteiger partial charge in [0.1, 0.15) is 11.9 Å². The van der Waals surface area contributed by atoms with Gasteiger partial charge in [-0.05, 0) is 25.0 Å². The van der Waals surface area contributed by atoms with Crippen LogP contribution in [0.1, 0.15) is 32.3 Å². The normalized spacial score (nSPS) is 26.1. The second-order valence-electron chi connectivity index (χ2n) is 8.94. The van der Waals surface area contributed by atoms with Crippen molar-refractivity contribution in [1.82, 2.24) is 15.5 Å². The highest BCUT2D eigenvalue weighted by Crippen LogP contribution is 2.46. The number of cyclic esters (lactones) is 1. The molecule has 1 aromatic rings. The summed E-state index contributed by atoms with van der Waals surface area (Å²) < 4.78 is 25.9. The molecule has 1 aromatic carbocycles. The number of rotatable bonds is 6. The number of amides is 3. The highest BCUT2D eigenvalue weighted by Gasteiger charge is 2.53. The van der Waals surface area contributed by atoms with Gasteiger partial charge in [0.25, 0.3) is 5.91 Å². The number of fused-ring (bicyclic) bond motifs is 1. The number of nitrogens with zero attached hydrogens (tertiary/aromatic N) is 2. The number of ether oxygens (including phenoxy) is 2. The zero-order valence-corrected chi connectivity index (χ0v) is 19.3. The molecular formula is C23H29FN4O6. The fraction of sp³-hybridized carbons (Fsp3) is 0.565. The first-order chi connectivity index (χ1) is 16.2. The summed E-state index contributed by atoms with van der Waals surface area (Å²) in [5, 5.41) is 5.91. The van der Waals surface area contributed by atoms with E-state index in [2.05, 4.69) is 10.6 Å². The van der Waals surface area contributed by atoms with Crippen LogP contribution in [-0.4, -0.2) is 74.2 Å². The lowest BCUT2D eigenvalue weighted by Crippen LogP contribution is -2.58. The maximum atomic E-state index is 15.7. The van der Waals surface area contributed by atoms with E-state index in [0.717, 1.165) is 12.8 Å². The molecule has 3 heterocycles. The lowest BCUT2D eigenvalue weighted by Gasteiger charge is -2.48. The SMILES string of the molecule is CC(=O)NC[C@H]1CN(c2ccc([C@@]34CNC[C@H]3CCCN4C(=O)COC(C)=O)c(F)c2)C(=O)O1. The zero-order valence-electron chi connectivity index (χ0n) is 19.3. The van der Waals surface area contributed by atoms with Gasteiger partial charge in [0.2, 0.25) is 5.91 Å². The lowest BCUT2D eigenvalue weighted by atomic mass is 9.73. The van der Waals surface area contributed by atoms with Crippen LogP contribution in [0.3, 0.4) is 0 Å². The van der Waals surface area contributed by atoms with E-state index in [1.807, 2.05) is 0 Å². The quantitative estimate of drug-likeness (QED) is 0.586. The Balaban J connectivity index is 1.60. The third-order valence-corrected chi connectivity index (χ3v) is 6.76. The Kier molecular flexibility index (Phi) is 6.74. The van der Waals surface area contributed by atoms with Crippen LogP contribution in [0.2, 0.25) is 0 Å². The predicted molar refractivity (Wildman–Crippen MR) is 118 cm³/mol. The number of benzene rings is 1. The van der Waals surface area contributed by atoms with Gasteiger partial charge in [0.05, 0.1) is 24.3 Å². The van der Waals surface area contributed by atoms with Crippen molar-refractivity contribution in [3.05, 3.63) is 29.6 Å². The van der Waals surface area contributed by atoms with Crippen LogP contribution in [0.4, 0.5) is 14.9 Å². The van der Waals surface area contributed by atoms with Gasteiger partial charge in [-0.3, -0.25) is 19.3 Å². The Hall–Kier alpha value is -3.21. The van der Waals surface area contributed by atoms with Crippen LogP contribution >= 0.6 is 0 Å². The molecule has 4 rings (SSSR count). The number of hydrogen-bond acceptors (Lipinski definition) is 7. The van der Waals surface area contributed by atoms with Crippen molar-refractivity contribution in [3.63, 3.8) is 0 Å². The summed E-state index contributed by atoms with van der Waals surface area (Å²) in [5.41, 5.74) is -0.203. The third-order valence-electron chi connectivity index (χ3n) is 6.76. The van der Waals surface area contributed by atoms with Crippen molar-refractivity contribution >= 4 is 29.6 Å². The van der Waals surface area contributed by atoms with Crippen LogP contribution in [0.25, 0.3) is 0 Å². The van der Waals surface area contributed by atoms with Gasteiger partial charge in [0.15, 0.2) is 6.61 Å². The summed E-state index contributed by atoms with van der Waals surface area (Å²) in [7, 11) is 0. The number of halogens is 1. The summed E-state index contributed by atoms with van der Waals surface area (Å²) >= 11 is 0. The molecule has 10 nitrogen and oxygen atoms in total. The molecule has 0 spiro atoms. The number of hydrogen-bond donors (Lipinski definition) is 2. The Bertz CT molecular complexity index is 1000. The minimum atomic E-state index is -0.905. The van der Waals surface area contributed by atoms with Crippen LogP contribution in [0.15, 0.2) is 18.2 Å². The maximum absolute atomic E-state index is 15.7. The summed E-state index contributed by atoms with van der Waals surface area (Å²) in [6, 6.07) is 4.55. The molecule has 3 fully saturated rings.